The van der Waals surface area contributed by atoms with Crippen LogP contribution in [0.1, 0.15) is 5.56 Å². The summed E-state index contributed by atoms with van der Waals surface area (Å²) in [5.74, 6) is 0.189. The minimum atomic E-state index is -0.501. The summed E-state index contributed by atoms with van der Waals surface area (Å²) in [6, 6.07) is 12.6. The van der Waals surface area contributed by atoms with Crippen LogP contribution in [0.4, 0.5) is 10.2 Å². The van der Waals surface area contributed by atoms with Crippen molar-refractivity contribution in [3.63, 3.8) is 0 Å². The number of hydrogen-bond acceptors (Lipinski definition) is 3. The van der Waals surface area contributed by atoms with Gasteiger partial charge in [0.2, 0.25) is 0 Å². The van der Waals surface area contributed by atoms with Crippen LogP contribution in [0.5, 0.6) is 0 Å². The van der Waals surface area contributed by atoms with Gasteiger partial charge in [-0.05, 0) is 17.7 Å². The van der Waals surface area contributed by atoms with Crippen LogP contribution in [0.3, 0.4) is 0 Å². The molecule has 2 N–H and O–H groups in total. The summed E-state index contributed by atoms with van der Waals surface area (Å²) in [6.07, 6.45) is 1.22. The van der Waals surface area contributed by atoms with Crippen molar-refractivity contribution >= 4 is 5.82 Å². The Kier molecular flexibility index (Phi) is 4.25. The number of nitrogens with one attached hydrogen (secondary N) is 1. The van der Waals surface area contributed by atoms with Gasteiger partial charge in [-0.25, -0.2) is 9.37 Å². The lowest BCUT2D eigenvalue weighted by atomic mass is 10.1. The zero-order valence-corrected chi connectivity index (χ0v) is 9.88. The van der Waals surface area contributed by atoms with Crippen molar-refractivity contribution < 1.29 is 9.50 Å². The summed E-state index contributed by atoms with van der Waals surface area (Å²) < 4.78 is 12.6. The van der Waals surface area contributed by atoms with Crippen molar-refractivity contribution in [2.45, 2.75) is 12.5 Å². The lowest BCUT2D eigenvalue weighted by molar-refractivity contribution is 0.188. The quantitative estimate of drug-likeness (QED) is 0.850. The maximum absolute atomic E-state index is 12.6. The maximum atomic E-state index is 12.6. The standard InChI is InChI=1S/C14H15FN2O/c15-12-6-7-14(16-9-12)17-10-13(18)8-11-4-2-1-3-5-11/h1-7,9,13,18H,8,10H2,(H,16,17). The summed E-state index contributed by atoms with van der Waals surface area (Å²) >= 11 is 0. The maximum Gasteiger partial charge on any atom is 0.141 e. The molecule has 0 spiro atoms. The van der Waals surface area contributed by atoms with E-state index in [0.717, 1.165) is 11.8 Å². The molecule has 2 aromatic rings. The summed E-state index contributed by atoms with van der Waals surface area (Å²) in [5.41, 5.74) is 1.08. The normalized spacial score (nSPS) is 12.1. The zero-order chi connectivity index (χ0) is 12.8. The molecule has 0 bridgehead atoms. The third kappa shape index (κ3) is 3.82. The van der Waals surface area contributed by atoms with Crippen molar-refractivity contribution in [1.82, 2.24) is 4.98 Å². The molecule has 94 valence electrons. The summed E-state index contributed by atoms with van der Waals surface area (Å²) in [6.45, 7) is 0.382. The molecule has 1 aromatic carbocycles. The molecule has 0 fully saturated rings. The van der Waals surface area contributed by atoms with Gasteiger partial charge in [0.15, 0.2) is 0 Å². The van der Waals surface area contributed by atoms with Gasteiger partial charge in [0.05, 0.1) is 12.3 Å². The Morgan fingerprint density at radius 2 is 1.94 bits per heavy atom. The second-order valence-corrected chi connectivity index (χ2v) is 4.09. The number of hydrogen-bond donors (Lipinski definition) is 2. The number of aliphatic hydroxyl groups is 1. The average Bonchev–Trinajstić information content (AvgIpc) is 2.39. The molecule has 0 aliphatic carbocycles. The Morgan fingerprint density at radius 3 is 2.61 bits per heavy atom. The lowest BCUT2D eigenvalue weighted by Crippen LogP contribution is -2.22. The minimum Gasteiger partial charge on any atom is -0.391 e. The van der Waals surface area contributed by atoms with Crippen LogP contribution in [-0.2, 0) is 6.42 Å². The van der Waals surface area contributed by atoms with E-state index >= 15 is 0 Å². The molecule has 0 saturated carbocycles. The van der Waals surface area contributed by atoms with Crippen LogP contribution in [-0.4, -0.2) is 22.7 Å². The van der Waals surface area contributed by atoms with E-state index in [0.29, 0.717) is 18.8 Å². The van der Waals surface area contributed by atoms with Crippen LogP contribution in [0, 0.1) is 5.82 Å². The third-order valence-electron chi connectivity index (χ3n) is 2.56. The van der Waals surface area contributed by atoms with Gasteiger partial charge >= 0.3 is 0 Å². The first kappa shape index (κ1) is 12.5. The van der Waals surface area contributed by atoms with Crippen molar-refractivity contribution in [1.29, 1.82) is 0 Å². The Balaban J connectivity index is 1.81. The molecular formula is C14H15FN2O. The molecule has 1 unspecified atom stereocenters. The van der Waals surface area contributed by atoms with Crippen LogP contribution < -0.4 is 5.32 Å². The molecule has 0 aliphatic rings. The number of rotatable bonds is 5. The summed E-state index contributed by atoms with van der Waals surface area (Å²) in [5, 5.41) is 12.8. The van der Waals surface area contributed by atoms with E-state index in [1.54, 1.807) is 6.07 Å². The number of anilines is 1. The molecule has 1 aromatic heterocycles. The molecule has 3 nitrogen and oxygen atoms in total. The average molecular weight is 246 g/mol. The topological polar surface area (TPSA) is 45.1 Å². The summed E-state index contributed by atoms with van der Waals surface area (Å²) in [7, 11) is 0. The SMILES string of the molecule is OC(CNc1ccc(F)cn1)Cc1ccccc1. The minimum absolute atomic E-state index is 0.370. The van der Waals surface area contributed by atoms with E-state index in [-0.39, 0.29) is 5.82 Å². The highest BCUT2D eigenvalue weighted by Crippen LogP contribution is 2.06. The lowest BCUT2D eigenvalue weighted by Gasteiger charge is -2.12. The van der Waals surface area contributed by atoms with Gasteiger partial charge in [-0.1, -0.05) is 30.3 Å². The van der Waals surface area contributed by atoms with Gasteiger partial charge in [-0.15, -0.1) is 0 Å². The molecule has 4 heteroatoms. The van der Waals surface area contributed by atoms with Gasteiger partial charge in [0.25, 0.3) is 0 Å². The van der Waals surface area contributed by atoms with Crippen molar-refractivity contribution in [2.24, 2.45) is 0 Å². The highest BCUT2D eigenvalue weighted by Gasteiger charge is 2.05. The second-order valence-electron chi connectivity index (χ2n) is 4.09. The molecule has 0 aliphatic heterocycles. The van der Waals surface area contributed by atoms with E-state index in [2.05, 4.69) is 10.3 Å². The van der Waals surface area contributed by atoms with E-state index in [4.69, 9.17) is 0 Å². The fraction of sp³-hybridized carbons (Fsp3) is 0.214. The Morgan fingerprint density at radius 1 is 1.17 bits per heavy atom. The van der Waals surface area contributed by atoms with Crippen LogP contribution in [0.15, 0.2) is 48.7 Å². The van der Waals surface area contributed by atoms with E-state index in [9.17, 15) is 9.50 Å². The Hall–Kier alpha value is -1.94. The highest BCUT2D eigenvalue weighted by atomic mass is 19.1. The Labute approximate surface area is 105 Å². The first-order chi connectivity index (χ1) is 8.74. The molecule has 0 radical (unpaired) electrons. The van der Waals surface area contributed by atoms with Gasteiger partial charge in [-0.2, -0.15) is 0 Å². The predicted molar refractivity (Wildman–Crippen MR) is 68.8 cm³/mol. The van der Waals surface area contributed by atoms with Crippen LogP contribution in [0.25, 0.3) is 0 Å². The van der Waals surface area contributed by atoms with Crippen molar-refractivity contribution in [2.75, 3.05) is 11.9 Å². The monoisotopic (exact) mass is 246 g/mol. The van der Waals surface area contributed by atoms with E-state index in [1.165, 1.54) is 6.07 Å². The second kappa shape index (κ2) is 6.12. The van der Waals surface area contributed by atoms with Gasteiger partial charge in [-0.3, -0.25) is 0 Å². The van der Waals surface area contributed by atoms with Gasteiger partial charge in [0.1, 0.15) is 11.6 Å². The zero-order valence-electron chi connectivity index (χ0n) is 9.88. The van der Waals surface area contributed by atoms with Crippen LogP contribution in [0.2, 0.25) is 0 Å². The number of benzene rings is 1. The molecule has 1 heterocycles. The first-order valence-corrected chi connectivity index (χ1v) is 5.81. The van der Waals surface area contributed by atoms with E-state index < -0.39 is 6.10 Å². The molecule has 0 saturated heterocycles. The highest BCUT2D eigenvalue weighted by molar-refractivity contribution is 5.33. The molecule has 2 rings (SSSR count). The summed E-state index contributed by atoms with van der Waals surface area (Å²) in [4.78, 5) is 3.86. The fourth-order valence-electron chi connectivity index (χ4n) is 1.66. The Bertz CT molecular complexity index is 473. The van der Waals surface area contributed by atoms with Crippen LogP contribution >= 0.6 is 0 Å². The molecule has 1 atom stereocenters. The number of pyridine rings is 1. The largest absolute Gasteiger partial charge is 0.391 e. The van der Waals surface area contributed by atoms with Crippen molar-refractivity contribution in [3.05, 3.63) is 60.0 Å². The third-order valence-corrected chi connectivity index (χ3v) is 2.56. The van der Waals surface area contributed by atoms with Crippen molar-refractivity contribution in [3.8, 4) is 0 Å². The molecule has 0 amide bonds. The number of aromatic nitrogens is 1. The smallest absolute Gasteiger partial charge is 0.141 e. The van der Waals surface area contributed by atoms with E-state index in [1.807, 2.05) is 30.3 Å². The van der Waals surface area contributed by atoms with Gasteiger partial charge in [0, 0.05) is 13.0 Å². The predicted octanol–water partition coefficient (Wildman–Crippen LogP) is 2.24. The number of halogens is 1. The number of aliphatic hydroxyl groups excluding tert-OH is 1. The fourth-order valence-corrected chi connectivity index (χ4v) is 1.66. The first-order valence-electron chi connectivity index (χ1n) is 5.81. The van der Waals surface area contributed by atoms with Gasteiger partial charge < -0.3 is 10.4 Å². The number of nitrogens with zero attached hydrogens (tertiary/aromatic N) is 1. The molecular weight excluding hydrogens is 231 g/mol. The molecule has 18 heavy (non-hydrogen) atoms.